The molecule has 3 rings (SSSR count). The van der Waals surface area contributed by atoms with Gasteiger partial charge in [0.25, 0.3) is 0 Å². The van der Waals surface area contributed by atoms with E-state index in [0.717, 1.165) is 11.1 Å². The molecule has 0 aromatic heterocycles. The van der Waals surface area contributed by atoms with E-state index in [1.54, 1.807) is 18.2 Å². The first-order chi connectivity index (χ1) is 14.9. The number of oxime groups is 1. The Bertz CT molecular complexity index is 1210. The fourth-order valence-electron chi connectivity index (χ4n) is 2.18. The van der Waals surface area contributed by atoms with Gasteiger partial charge in [-0.3, -0.25) is 4.28 Å². The SMILES string of the molecule is O=S(=O)(ON=C(c1ccccc1)c1ccccc1)c1ccccc1.O=S(=O)([O-])C(F)(F)F. The first-order valence-electron chi connectivity index (χ1n) is 8.61. The molecule has 0 unspecified atom stereocenters. The Kier molecular flexibility index (Phi) is 8.14. The average Bonchev–Trinajstić information content (AvgIpc) is 2.75. The van der Waals surface area contributed by atoms with Gasteiger partial charge in [0.2, 0.25) is 0 Å². The van der Waals surface area contributed by atoms with Gasteiger partial charge in [0.15, 0.2) is 10.1 Å². The molecule has 3 aromatic rings. The first-order valence-corrected chi connectivity index (χ1v) is 11.4. The van der Waals surface area contributed by atoms with E-state index in [-0.39, 0.29) is 4.90 Å². The highest BCUT2D eigenvalue weighted by Crippen LogP contribution is 2.20. The molecule has 3 aromatic carbocycles. The van der Waals surface area contributed by atoms with Gasteiger partial charge >= 0.3 is 15.6 Å². The van der Waals surface area contributed by atoms with Gasteiger partial charge in [0.05, 0.1) is 0 Å². The van der Waals surface area contributed by atoms with Gasteiger partial charge in [0.1, 0.15) is 10.6 Å². The van der Waals surface area contributed by atoms with Crippen molar-refractivity contribution < 1.29 is 38.8 Å². The Morgan fingerprint density at radius 2 is 1.06 bits per heavy atom. The summed E-state index contributed by atoms with van der Waals surface area (Å²) in [6, 6.07) is 26.6. The van der Waals surface area contributed by atoms with E-state index < -0.39 is 25.7 Å². The van der Waals surface area contributed by atoms with Crippen LogP contribution in [0.5, 0.6) is 0 Å². The van der Waals surface area contributed by atoms with Crippen molar-refractivity contribution in [2.45, 2.75) is 10.4 Å². The summed E-state index contributed by atoms with van der Waals surface area (Å²) in [6.45, 7) is 0. The van der Waals surface area contributed by atoms with E-state index in [2.05, 4.69) is 5.16 Å². The quantitative estimate of drug-likeness (QED) is 0.234. The van der Waals surface area contributed by atoms with Crippen LogP contribution in [0.15, 0.2) is 101 Å². The summed E-state index contributed by atoms with van der Waals surface area (Å²) in [5.41, 5.74) is -3.65. The largest absolute Gasteiger partial charge is 0.741 e. The molecule has 0 saturated carbocycles. The zero-order valence-corrected chi connectivity index (χ0v) is 17.6. The smallest absolute Gasteiger partial charge is 0.485 e. The van der Waals surface area contributed by atoms with Crippen LogP contribution in [0.4, 0.5) is 13.2 Å². The molecule has 0 aliphatic rings. The summed E-state index contributed by atoms with van der Waals surface area (Å²) in [5, 5.41) is 3.94. The highest BCUT2D eigenvalue weighted by Gasteiger charge is 2.36. The average molecular weight is 486 g/mol. The predicted molar refractivity (Wildman–Crippen MR) is 109 cm³/mol. The van der Waals surface area contributed by atoms with Crippen LogP contribution < -0.4 is 0 Å². The molecule has 0 aliphatic carbocycles. The Balaban J connectivity index is 0.000000390. The molecule has 0 fully saturated rings. The molecular weight excluding hydrogens is 471 g/mol. The van der Waals surface area contributed by atoms with Gasteiger partial charge in [-0.1, -0.05) is 84.0 Å². The number of nitrogens with zero attached hydrogens (tertiary/aromatic N) is 1. The van der Waals surface area contributed by atoms with Crippen LogP contribution in [0.25, 0.3) is 0 Å². The van der Waals surface area contributed by atoms with E-state index in [0.29, 0.717) is 5.71 Å². The summed E-state index contributed by atoms with van der Waals surface area (Å²) in [4.78, 5) is 0.0641. The van der Waals surface area contributed by atoms with Crippen LogP contribution in [0.3, 0.4) is 0 Å². The third kappa shape index (κ3) is 7.18. The van der Waals surface area contributed by atoms with Crippen LogP contribution in [-0.2, 0) is 24.5 Å². The maximum absolute atomic E-state index is 12.3. The molecular formula is C20H15F3NO6S2-. The second-order valence-corrected chi connectivity index (χ2v) is 8.81. The minimum atomic E-state index is -6.09. The third-order valence-corrected chi connectivity index (χ3v) is 5.32. The molecule has 32 heavy (non-hydrogen) atoms. The number of alkyl halides is 3. The number of hydrogen-bond donors (Lipinski definition) is 0. The van der Waals surface area contributed by atoms with Crippen molar-refractivity contribution in [2.75, 3.05) is 0 Å². The fourth-order valence-corrected chi connectivity index (χ4v) is 2.93. The van der Waals surface area contributed by atoms with E-state index in [1.165, 1.54) is 12.1 Å². The van der Waals surface area contributed by atoms with Crippen molar-refractivity contribution in [3.05, 3.63) is 102 Å². The van der Waals surface area contributed by atoms with Crippen molar-refractivity contribution in [3.63, 3.8) is 0 Å². The van der Waals surface area contributed by atoms with Crippen LogP contribution >= 0.6 is 0 Å². The lowest BCUT2D eigenvalue weighted by Gasteiger charge is -2.08. The third-order valence-electron chi connectivity index (χ3n) is 3.64. The molecule has 170 valence electrons. The summed E-state index contributed by atoms with van der Waals surface area (Å²) in [7, 11) is -10.0. The molecule has 0 N–H and O–H groups in total. The molecule has 0 heterocycles. The van der Waals surface area contributed by atoms with Crippen LogP contribution in [0.1, 0.15) is 11.1 Å². The summed E-state index contributed by atoms with van der Waals surface area (Å²) in [6.07, 6.45) is 0. The number of halogens is 3. The first kappa shape index (κ1) is 25.0. The molecule has 0 saturated heterocycles. The van der Waals surface area contributed by atoms with E-state index in [9.17, 15) is 21.6 Å². The van der Waals surface area contributed by atoms with Crippen molar-refractivity contribution in [1.82, 2.24) is 0 Å². The van der Waals surface area contributed by atoms with E-state index >= 15 is 0 Å². The van der Waals surface area contributed by atoms with Crippen molar-refractivity contribution in [3.8, 4) is 0 Å². The molecule has 0 bridgehead atoms. The maximum atomic E-state index is 12.3. The Hall–Kier alpha value is -3.22. The molecule has 0 spiro atoms. The number of benzene rings is 3. The van der Waals surface area contributed by atoms with Crippen LogP contribution in [-0.4, -0.2) is 32.6 Å². The molecule has 0 amide bonds. The van der Waals surface area contributed by atoms with E-state index in [4.69, 9.17) is 17.3 Å². The van der Waals surface area contributed by atoms with Crippen molar-refractivity contribution >= 4 is 25.9 Å². The number of rotatable bonds is 5. The van der Waals surface area contributed by atoms with Crippen molar-refractivity contribution in [2.24, 2.45) is 5.16 Å². The van der Waals surface area contributed by atoms with Gasteiger partial charge in [0, 0.05) is 11.1 Å². The summed E-state index contributed by atoms with van der Waals surface area (Å²) >= 11 is 0. The van der Waals surface area contributed by atoms with Crippen LogP contribution in [0.2, 0.25) is 0 Å². The lowest BCUT2D eigenvalue weighted by Crippen LogP contribution is -2.21. The highest BCUT2D eigenvalue weighted by atomic mass is 32.2. The number of hydrogen-bond acceptors (Lipinski definition) is 7. The maximum Gasteiger partial charge on any atom is 0.485 e. The summed E-state index contributed by atoms with van der Waals surface area (Å²) in [5.74, 6) is 0. The Morgan fingerprint density at radius 3 is 1.41 bits per heavy atom. The normalized spacial score (nSPS) is 11.6. The fraction of sp³-hybridized carbons (Fsp3) is 0.0500. The van der Waals surface area contributed by atoms with Gasteiger partial charge in [-0.05, 0) is 12.1 Å². The van der Waals surface area contributed by atoms with Crippen LogP contribution in [0, 0.1) is 0 Å². The van der Waals surface area contributed by atoms with Gasteiger partial charge < -0.3 is 4.55 Å². The predicted octanol–water partition coefficient (Wildman–Crippen LogP) is 3.90. The second kappa shape index (κ2) is 10.4. The lowest BCUT2D eigenvalue weighted by atomic mass is 10.0. The molecule has 12 heteroatoms. The molecule has 0 aliphatic heterocycles. The second-order valence-electron chi connectivity index (χ2n) is 5.91. The lowest BCUT2D eigenvalue weighted by molar-refractivity contribution is -0.0517. The topological polar surface area (TPSA) is 113 Å². The minimum absolute atomic E-state index is 0.0641. The minimum Gasteiger partial charge on any atom is -0.741 e. The Morgan fingerprint density at radius 1 is 0.719 bits per heavy atom. The van der Waals surface area contributed by atoms with Crippen molar-refractivity contribution in [1.29, 1.82) is 0 Å². The van der Waals surface area contributed by atoms with Gasteiger partial charge in [-0.15, -0.1) is 0 Å². The zero-order chi connectivity index (χ0) is 23.8. The highest BCUT2D eigenvalue weighted by molar-refractivity contribution is 7.87. The Labute approximate surface area is 182 Å². The zero-order valence-electron chi connectivity index (χ0n) is 16.0. The van der Waals surface area contributed by atoms with Gasteiger partial charge in [-0.2, -0.15) is 21.6 Å². The monoisotopic (exact) mass is 486 g/mol. The molecule has 0 atom stereocenters. The molecule has 7 nitrogen and oxygen atoms in total. The molecule has 0 radical (unpaired) electrons. The van der Waals surface area contributed by atoms with Gasteiger partial charge in [-0.25, -0.2) is 8.42 Å². The summed E-state index contributed by atoms with van der Waals surface area (Å²) < 4.78 is 88.4. The standard InChI is InChI=1S/C19H15NO3S.CHF3O3S/c21-24(22,18-14-8-3-9-15-18)23-20-19(16-10-4-1-5-11-16)17-12-6-2-7-13-17;2-1(3,4)8(5,6)7/h1-15H;(H,5,6,7)/p-1. The van der Waals surface area contributed by atoms with E-state index in [1.807, 2.05) is 60.7 Å².